The van der Waals surface area contributed by atoms with Crippen molar-refractivity contribution in [2.75, 3.05) is 26.3 Å². The zero-order chi connectivity index (χ0) is 17.5. The number of likely N-dealkylation sites (tertiary alicyclic amines) is 1. The van der Waals surface area contributed by atoms with Gasteiger partial charge in [-0.05, 0) is 29.8 Å². The van der Waals surface area contributed by atoms with Gasteiger partial charge in [-0.25, -0.2) is 4.79 Å². The van der Waals surface area contributed by atoms with E-state index in [1.54, 1.807) is 12.1 Å². The number of hydrogen-bond donors (Lipinski definition) is 1. The van der Waals surface area contributed by atoms with Crippen molar-refractivity contribution in [2.24, 2.45) is 0 Å². The van der Waals surface area contributed by atoms with Gasteiger partial charge in [0.25, 0.3) is 0 Å². The van der Waals surface area contributed by atoms with Crippen LogP contribution in [0.25, 0.3) is 0 Å². The van der Waals surface area contributed by atoms with Crippen LogP contribution in [0.15, 0.2) is 54.6 Å². The first-order chi connectivity index (χ1) is 12.2. The lowest BCUT2D eigenvalue weighted by Gasteiger charge is -2.39. The SMILES string of the molecule is O=C(O)c1ccc(CN2CC(OCCCOc3ccccc3)C2)cc1. The second-order valence-corrected chi connectivity index (χ2v) is 6.20. The van der Waals surface area contributed by atoms with E-state index in [-0.39, 0.29) is 6.10 Å². The summed E-state index contributed by atoms with van der Waals surface area (Å²) in [4.78, 5) is 13.1. The fraction of sp³-hybridized carbons (Fsp3) is 0.350. The Hall–Kier alpha value is -2.37. The normalized spacial score (nSPS) is 14.9. The maximum absolute atomic E-state index is 10.8. The van der Waals surface area contributed by atoms with Crippen LogP contribution < -0.4 is 4.74 Å². The number of para-hydroxylation sites is 1. The van der Waals surface area contributed by atoms with E-state index >= 15 is 0 Å². The van der Waals surface area contributed by atoms with Gasteiger partial charge >= 0.3 is 5.97 Å². The molecule has 1 aliphatic heterocycles. The van der Waals surface area contributed by atoms with Crippen LogP contribution in [0.4, 0.5) is 0 Å². The van der Waals surface area contributed by atoms with Crippen LogP contribution in [0.2, 0.25) is 0 Å². The molecule has 1 N–H and O–H groups in total. The zero-order valence-corrected chi connectivity index (χ0v) is 14.1. The van der Waals surface area contributed by atoms with Crippen LogP contribution >= 0.6 is 0 Å². The maximum Gasteiger partial charge on any atom is 0.335 e. The number of carbonyl (C=O) groups is 1. The molecular weight excluding hydrogens is 318 g/mol. The smallest absolute Gasteiger partial charge is 0.335 e. The summed E-state index contributed by atoms with van der Waals surface area (Å²) in [5, 5.41) is 8.90. The monoisotopic (exact) mass is 341 g/mol. The summed E-state index contributed by atoms with van der Waals surface area (Å²) in [6, 6.07) is 16.8. The molecule has 3 rings (SSSR count). The molecule has 1 saturated heterocycles. The van der Waals surface area contributed by atoms with E-state index in [0.29, 0.717) is 18.8 Å². The molecule has 1 heterocycles. The van der Waals surface area contributed by atoms with Crippen LogP contribution in [0.1, 0.15) is 22.3 Å². The van der Waals surface area contributed by atoms with Gasteiger partial charge in [-0.3, -0.25) is 4.90 Å². The van der Waals surface area contributed by atoms with Gasteiger partial charge in [0.1, 0.15) is 5.75 Å². The average molecular weight is 341 g/mol. The highest BCUT2D eigenvalue weighted by atomic mass is 16.5. The Kier molecular flexibility index (Phi) is 6.04. The molecule has 0 unspecified atom stereocenters. The standard InChI is InChI=1S/C20H23NO4/c22-20(23)17-9-7-16(8-10-17)13-21-14-19(15-21)25-12-4-11-24-18-5-2-1-3-6-18/h1-3,5-10,19H,4,11-15H2,(H,22,23). The summed E-state index contributed by atoms with van der Waals surface area (Å²) < 4.78 is 11.5. The third-order valence-electron chi connectivity index (χ3n) is 4.18. The van der Waals surface area contributed by atoms with Crippen LogP contribution in [0, 0.1) is 0 Å². The Morgan fingerprint density at radius 1 is 1.04 bits per heavy atom. The van der Waals surface area contributed by atoms with Gasteiger partial charge in [0.2, 0.25) is 0 Å². The maximum atomic E-state index is 10.8. The molecule has 0 aliphatic carbocycles. The van der Waals surface area contributed by atoms with E-state index in [2.05, 4.69) is 4.90 Å². The quantitative estimate of drug-likeness (QED) is 0.711. The molecule has 25 heavy (non-hydrogen) atoms. The molecule has 0 saturated carbocycles. The van der Waals surface area contributed by atoms with Crippen LogP contribution in [0.5, 0.6) is 5.75 Å². The molecule has 0 spiro atoms. The number of hydrogen-bond acceptors (Lipinski definition) is 4. The summed E-state index contributed by atoms with van der Waals surface area (Å²) in [6.45, 7) is 4.03. The van der Waals surface area contributed by atoms with Gasteiger partial charge in [-0.2, -0.15) is 0 Å². The molecule has 5 heteroatoms. The number of rotatable bonds is 9. The van der Waals surface area contributed by atoms with Gasteiger partial charge in [0.15, 0.2) is 0 Å². The van der Waals surface area contributed by atoms with Crippen LogP contribution in [-0.4, -0.2) is 48.4 Å². The first-order valence-corrected chi connectivity index (χ1v) is 8.55. The Bertz CT molecular complexity index is 666. The summed E-state index contributed by atoms with van der Waals surface area (Å²) in [5.41, 5.74) is 1.45. The van der Waals surface area contributed by atoms with E-state index in [0.717, 1.165) is 37.4 Å². The predicted octanol–water partition coefficient (Wildman–Crippen LogP) is 3.05. The molecule has 2 aromatic carbocycles. The van der Waals surface area contributed by atoms with Crippen molar-refractivity contribution in [1.29, 1.82) is 0 Å². The van der Waals surface area contributed by atoms with Gasteiger partial charge in [-0.1, -0.05) is 30.3 Å². The lowest BCUT2D eigenvalue weighted by atomic mass is 10.1. The van der Waals surface area contributed by atoms with Crippen molar-refractivity contribution in [3.63, 3.8) is 0 Å². The average Bonchev–Trinajstić information content (AvgIpc) is 2.60. The minimum atomic E-state index is -0.889. The van der Waals surface area contributed by atoms with Gasteiger partial charge in [-0.15, -0.1) is 0 Å². The summed E-state index contributed by atoms with van der Waals surface area (Å²) in [5.74, 6) is 0.00597. The second-order valence-electron chi connectivity index (χ2n) is 6.20. The molecule has 0 atom stereocenters. The Morgan fingerprint density at radius 3 is 2.44 bits per heavy atom. The largest absolute Gasteiger partial charge is 0.494 e. The summed E-state index contributed by atoms with van der Waals surface area (Å²) >= 11 is 0. The third kappa shape index (κ3) is 5.31. The molecule has 1 aliphatic rings. The Labute approximate surface area is 147 Å². The summed E-state index contributed by atoms with van der Waals surface area (Å²) in [6.07, 6.45) is 1.16. The molecule has 0 amide bonds. The van der Waals surface area contributed by atoms with E-state index in [1.807, 2.05) is 42.5 Å². The number of carboxylic acids is 1. The number of nitrogens with zero attached hydrogens (tertiary/aromatic N) is 1. The second kappa shape index (κ2) is 8.65. The van der Waals surface area contributed by atoms with E-state index in [1.165, 1.54) is 0 Å². The molecule has 0 bridgehead atoms. The third-order valence-corrected chi connectivity index (χ3v) is 4.18. The molecule has 5 nitrogen and oxygen atoms in total. The van der Waals surface area contributed by atoms with Crippen LogP contribution in [0.3, 0.4) is 0 Å². The van der Waals surface area contributed by atoms with Gasteiger partial charge < -0.3 is 14.6 Å². The predicted molar refractivity (Wildman–Crippen MR) is 95.0 cm³/mol. The number of aromatic carboxylic acids is 1. The fourth-order valence-electron chi connectivity index (χ4n) is 2.78. The first-order valence-electron chi connectivity index (χ1n) is 8.55. The molecule has 0 aromatic heterocycles. The van der Waals surface area contributed by atoms with E-state index in [9.17, 15) is 4.79 Å². The van der Waals surface area contributed by atoms with Crippen molar-refractivity contribution in [3.8, 4) is 5.75 Å². The Morgan fingerprint density at radius 2 is 1.76 bits per heavy atom. The minimum absolute atomic E-state index is 0.287. The lowest BCUT2D eigenvalue weighted by Crippen LogP contribution is -2.51. The highest BCUT2D eigenvalue weighted by Crippen LogP contribution is 2.16. The van der Waals surface area contributed by atoms with Gasteiger partial charge in [0, 0.05) is 26.1 Å². The molecular formula is C20H23NO4. The topological polar surface area (TPSA) is 59.0 Å². The Balaban J connectivity index is 1.26. The number of ether oxygens (including phenoxy) is 2. The van der Waals surface area contributed by atoms with Crippen molar-refractivity contribution < 1.29 is 19.4 Å². The van der Waals surface area contributed by atoms with Crippen LogP contribution in [-0.2, 0) is 11.3 Å². The van der Waals surface area contributed by atoms with Crippen molar-refractivity contribution in [3.05, 3.63) is 65.7 Å². The lowest BCUT2D eigenvalue weighted by molar-refractivity contribution is -0.0600. The first kappa shape index (κ1) is 17.5. The minimum Gasteiger partial charge on any atom is -0.494 e. The number of benzene rings is 2. The van der Waals surface area contributed by atoms with Crippen molar-refractivity contribution >= 4 is 5.97 Å². The molecule has 2 aromatic rings. The van der Waals surface area contributed by atoms with E-state index < -0.39 is 5.97 Å². The molecule has 132 valence electrons. The highest BCUT2D eigenvalue weighted by molar-refractivity contribution is 5.87. The van der Waals surface area contributed by atoms with E-state index in [4.69, 9.17) is 14.6 Å². The van der Waals surface area contributed by atoms with Crippen molar-refractivity contribution in [1.82, 2.24) is 4.90 Å². The highest BCUT2D eigenvalue weighted by Gasteiger charge is 2.26. The van der Waals surface area contributed by atoms with Crippen molar-refractivity contribution in [2.45, 2.75) is 19.1 Å². The summed E-state index contributed by atoms with van der Waals surface area (Å²) in [7, 11) is 0. The molecule has 1 fully saturated rings. The zero-order valence-electron chi connectivity index (χ0n) is 14.1. The fourth-order valence-corrected chi connectivity index (χ4v) is 2.78. The molecule has 0 radical (unpaired) electrons. The number of carboxylic acid groups (broad SMARTS) is 1. The van der Waals surface area contributed by atoms with Gasteiger partial charge in [0.05, 0.1) is 24.9 Å².